The number of amides is 1. The van der Waals surface area contributed by atoms with E-state index in [0.717, 1.165) is 32.4 Å². The number of benzene rings is 1. The second-order valence-corrected chi connectivity index (χ2v) is 5.39. The first-order valence-corrected chi connectivity index (χ1v) is 6.82. The molecule has 1 amide bonds. The van der Waals surface area contributed by atoms with Crippen molar-refractivity contribution in [2.75, 3.05) is 20.1 Å². The monoisotopic (exact) mass is 280 g/mol. The molecule has 4 heteroatoms. The highest BCUT2D eigenvalue weighted by molar-refractivity contribution is 5.87. The van der Waals surface area contributed by atoms with Crippen LogP contribution in [-0.4, -0.2) is 37.0 Å². The fourth-order valence-electron chi connectivity index (χ4n) is 3.10. The molecule has 0 spiro atoms. The normalized spacial score (nSPS) is 21.8. The molecule has 1 fully saturated rings. The van der Waals surface area contributed by atoms with E-state index in [1.165, 1.54) is 11.1 Å². The Balaban J connectivity index is 0.00000133. The maximum absolute atomic E-state index is 12.5. The Hall–Kier alpha value is -1.06. The van der Waals surface area contributed by atoms with Crippen molar-refractivity contribution in [2.45, 2.75) is 31.2 Å². The van der Waals surface area contributed by atoms with Crippen LogP contribution in [0, 0.1) is 0 Å². The molecule has 19 heavy (non-hydrogen) atoms. The number of nitrogens with zero attached hydrogens (tertiary/aromatic N) is 1. The average molecular weight is 281 g/mol. The highest BCUT2D eigenvalue weighted by Gasteiger charge is 2.35. The van der Waals surface area contributed by atoms with Crippen LogP contribution in [0.4, 0.5) is 0 Å². The molecule has 104 valence electrons. The summed E-state index contributed by atoms with van der Waals surface area (Å²) in [7, 11) is 1.97. The summed E-state index contributed by atoms with van der Waals surface area (Å²) in [6.45, 7) is 2.06. The number of nitrogens with one attached hydrogen (secondary N) is 1. The lowest BCUT2D eigenvalue weighted by Crippen LogP contribution is -2.47. The molecule has 1 aliphatic heterocycles. The van der Waals surface area contributed by atoms with Crippen molar-refractivity contribution >= 4 is 18.3 Å². The number of carbonyl (C=O) groups excluding carboxylic acids is 1. The molecular formula is C15H21ClN2O. The number of fused-ring (bicyclic) bond motifs is 1. The van der Waals surface area contributed by atoms with Crippen molar-refractivity contribution in [2.24, 2.45) is 0 Å². The predicted octanol–water partition coefficient (Wildman–Crippen LogP) is 1.96. The van der Waals surface area contributed by atoms with Gasteiger partial charge in [0.25, 0.3) is 0 Å². The molecule has 0 radical (unpaired) electrons. The molecule has 2 aliphatic rings. The molecule has 1 aromatic carbocycles. The highest BCUT2D eigenvalue weighted by atomic mass is 35.5. The van der Waals surface area contributed by atoms with Crippen LogP contribution in [0.5, 0.6) is 0 Å². The van der Waals surface area contributed by atoms with Crippen molar-refractivity contribution in [3.05, 3.63) is 35.4 Å². The van der Waals surface area contributed by atoms with E-state index in [-0.39, 0.29) is 18.3 Å². The molecule has 1 aliphatic carbocycles. The fraction of sp³-hybridized carbons (Fsp3) is 0.533. The van der Waals surface area contributed by atoms with Gasteiger partial charge in [0.2, 0.25) is 5.91 Å². The van der Waals surface area contributed by atoms with Crippen molar-refractivity contribution < 1.29 is 4.79 Å². The standard InChI is InChI=1S/C15H20N2O.ClH/c1-17(12-6-8-16-9-7-12)15(18)14-10-11-4-2-3-5-13(11)14;/h2-5,12,14,16H,6-10H2,1H3;1H. The van der Waals surface area contributed by atoms with Crippen molar-refractivity contribution in [1.82, 2.24) is 10.2 Å². The van der Waals surface area contributed by atoms with Gasteiger partial charge in [-0.15, -0.1) is 12.4 Å². The maximum atomic E-state index is 12.5. The van der Waals surface area contributed by atoms with Gasteiger partial charge in [-0.2, -0.15) is 0 Å². The van der Waals surface area contributed by atoms with E-state index >= 15 is 0 Å². The second-order valence-electron chi connectivity index (χ2n) is 5.39. The summed E-state index contributed by atoms with van der Waals surface area (Å²) in [6.07, 6.45) is 3.08. The zero-order chi connectivity index (χ0) is 12.5. The Morgan fingerprint density at radius 3 is 2.63 bits per heavy atom. The minimum atomic E-state index is 0. The molecule has 1 N–H and O–H groups in total. The zero-order valence-electron chi connectivity index (χ0n) is 11.3. The maximum Gasteiger partial charge on any atom is 0.230 e. The SMILES string of the molecule is CN(C(=O)C1Cc2ccccc21)C1CCNCC1.Cl. The first-order chi connectivity index (χ1) is 8.77. The number of likely N-dealkylation sites (N-methyl/N-ethyl adjacent to an activating group) is 1. The molecule has 1 unspecified atom stereocenters. The molecule has 1 atom stereocenters. The van der Waals surface area contributed by atoms with Crippen LogP contribution in [0.3, 0.4) is 0 Å². The molecular weight excluding hydrogens is 260 g/mol. The number of rotatable bonds is 2. The van der Waals surface area contributed by atoms with Gasteiger partial charge < -0.3 is 10.2 Å². The van der Waals surface area contributed by atoms with E-state index in [4.69, 9.17) is 0 Å². The van der Waals surface area contributed by atoms with Crippen molar-refractivity contribution in [3.63, 3.8) is 0 Å². The third-order valence-electron chi connectivity index (χ3n) is 4.36. The van der Waals surface area contributed by atoms with Crippen LogP contribution in [0.2, 0.25) is 0 Å². The highest BCUT2D eigenvalue weighted by Crippen LogP contribution is 2.36. The van der Waals surface area contributed by atoms with E-state index in [1.54, 1.807) is 0 Å². The molecule has 0 bridgehead atoms. The van der Waals surface area contributed by atoms with E-state index in [1.807, 2.05) is 18.0 Å². The van der Waals surface area contributed by atoms with Crippen LogP contribution < -0.4 is 5.32 Å². The molecule has 1 heterocycles. The summed E-state index contributed by atoms with van der Waals surface area (Å²) < 4.78 is 0. The van der Waals surface area contributed by atoms with Crippen LogP contribution in [-0.2, 0) is 11.2 Å². The Morgan fingerprint density at radius 1 is 1.26 bits per heavy atom. The first-order valence-electron chi connectivity index (χ1n) is 6.82. The lowest BCUT2D eigenvalue weighted by molar-refractivity contribution is -0.134. The quantitative estimate of drug-likeness (QED) is 0.898. The molecule has 0 saturated carbocycles. The largest absolute Gasteiger partial charge is 0.342 e. The van der Waals surface area contributed by atoms with Crippen LogP contribution in [0.25, 0.3) is 0 Å². The molecule has 0 aromatic heterocycles. The van der Waals surface area contributed by atoms with Gasteiger partial charge in [0, 0.05) is 13.1 Å². The van der Waals surface area contributed by atoms with E-state index in [9.17, 15) is 4.79 Å². The Bertz CT molecular complexity index is 457. The van der Waals surface area contributed by atoms with Crippen molar-refractivity contribution in [3.8, 4) is 0 Å². The Morgan fingerprint density at radius 2 is 1.95 bits per heavy atom. The van der Waals surface area contributed by atoms with Gasteiger partial charge >= 0.3 is 0 Å². The minimum absolute atomic E-state index is 0. The van der Waals surface area contributed by atoms with E-state index < -0.39 is 0 Å². The first kappa shape index (κ1) is 14.4. The van der Waals surface area contributed by atoms with Crippen LogP contribution in [0.15, 0.2) is 24.3 Å². The summed E-state index contributed by atoms with van der Waals surface area (Å²) in [5.41, 5.74) is 2.58. The van der Waals surface area contributed by atoms with Gasteiger partial charge in [0.05, 0.1) is 5.92 Å². The van der Waals surface area contributed by atoms with Gasteiger partial charge in [-0.25, -0.2) is 0 Å². The van der Waals surface area contributed by atoms with Gasteiger partial charge in [0.15, 0.2) is 0 Å². The van der Waals surface area contributed by atoms with Gasteiger partial charge in [-0.1, -0.05) is 24.3 Å². The average Bonchev–Trinajstić information content (AvgIpc) is 2.40. The summed E-state index contributed by atoms with van der Waals surface area (Å²) in [6, 6.07) is 8.73. The number of hydrogen-bond acceptors (Lipinski definition) is 2. The molecule has 1 saturated heterocycles. The van der Waals surface area contributed by atoms with Gasteiger partial charge in [0.1, 0.15) is 0 Å². The third-order valence-corrected chi connectivity index (χ3v) is 4.36. The molecule has 1 aromatic rings. The van der Waals surface area contributed by atoms with E-state index in [2.05, 4.69) is 23.5 Å². The van der Waals surface area contributed by atoms with E-state index in [0.29, 0.717) is 11.9 Å². The van der Waals surface area contributed by atoms with Crippen LogP contribution >= 0.6 is 12.4 Å². The van der Waals surface area contributed by atoms with Gasteiger partial charge in [-0.05, 0) is 43.5 Å². The topological polar surface area (TPSA) is 32.3 Å². The lowest BCUT2D eigenvalue weighted by Gasteiger charge is -2.37. The Labute approximate surface area is 120 Å². The fourth-order valence-corrected chi connectivity index (χ4v) is 3.10. The lowest BCUT2D eigenvalue weighted by atomic mass is 9.76. The molecule has 3 nitrogen and oxygen atoms in total. The Kier molecular flexibility index (Phi) is 4.48. The van der Waals surface area contributed by atoms with Crippen molar-refractivity contribution in [1.29, 1.82) is 0 Å². The number of hydrogen-bond donors (Lipinski definition) is 1. The third kappa shape index (κ3) is 2.63. The zero-order valence-corrected chi connectivity index (χ0v) is 12.1. The summed E-state index contributed by atoms with van der Waals surface area (Å²) >= 11 is 0. The number of piperidine rings is 1. The summed E-state index contributed by atoms with van der Waals surface area (Å²) in [5.74, 6) is 0.418. The minimum Gasteiger partial charge on any atom is -0.342 e. The second kappa shape index (κ2) is 5.93. The summed E-state index contributed by atoms with van der Waals surface area (Å²) in [4.78, 5) is 14.5. The predicted molar refractivity (Wildman–Crippen MR) is 78.8 cm³/mol. The summed E-state index contributed by atoms with van der Waals surface area (Å²) in [5, 5.41) is 3.34. The van der Waals surface area contributed by atoms with Crippen LogP contribution in [0.1, 0.15) is 29.9 Å². The number of halogens is 1. The smallest absolute Gasteiger partial charge is 0.230 e. The molecule has 3 rings (SSSR count). The van der Waals surface area contributed by atoms with Gasteiger partial charge in [-0.3, -0.25) is 4.79 Å². The number of carbonyl (C=O) groups is 1.